The minimum atomic E-state index is 0.885. The molecule has 2 aromatic heterocycles. The predicted octanol–water partition coefficient (Wildman–Crippen LogP) is 6.02. The first-order valence-corrected chi connectivity index (χ1v) is 11.0. The number of nitrogens with zero attached hydrogens (tertiary/aromatic N) is 4. The Hall–Kier alpha value is -2.70. The minimum absolute atomic E-state index is 0.885. The average molecular weight is 403 g/mol. The highest BCUT2D eigenvalue weighted by molar-refractivity contribution is 8.76. The van der Waals surface area contributed by atoms with Gasteiger partial charge >= 0.3 is 0 Å². The summed E-state index contributed by atoms with van der Waals surface area (Å²) in [4.78, 5) is 0. The number of aromatic nitrogens is 4. The summed E-state index contributed by atoms with van der Waals surface area (Å²) in [6, 6.07) is 24.3. The van der Waals surface area contributed by atoms with E-state index in [1.165, 1.54) is 0 Å². The standard InChI is InChI=1S/C22H18N4S2/c1-15-13-19(17-9-5-3-6-10-17)23-25-21(15)27-28-22-16(2)14-20(24-26-22)18-11-7-4-8-12-18/h3-14H,1-2H3. The quantitative estimate of drug-likeness (QED) is 0.381. The molecule has 0 saturated heterocycles. The molecule has 4 aromatic rings. The molecule has 0 fully saturated rings. The first-order chi connectivity index (χ1) is 13.7. The normalized spacial score (nSPS) is 10.8. The maximum Gasteiger partial charge on any atom is 0.133 e. The Bertz CT molecular complexity index is 997. The van der Waals surface area contributed by atoms with Gasteiger partial charge in [0.1, 0.15) is 10.1 Å². The van der Waals surface area contributed by atoms with E-state index >= 15 is 0 Å². The van der Waals surface area contributed by atoms with Crippen molar-refractivity contribution in [3.63, 3.8) is 0 Å². The fourth-order valence-corrected chi connectivity index (χ4v) is 4.84. The van der Waals surface area contributed by atoms with Gasteiger partial charge in [-0.1, -0.05) is 60.7 Å². The molecule has 0 amide bonds. The molecule has 0 saturated carbocycles. The molecule has 2 aromatic carbocycles. The molecule has 0 spiro atoms. The van der Waals surface area contributed by atoms with Gasteiger partial charge in [0.25, 0.3) is 0 Å². The lowest BCUT2D eigenvalue weighted by atomic mass is 10.1. The summed E-state index contributed by atoms with van der Waals surface area (Å²) in [5.41, 5.74) is 6.10. The van der Waals surface area contributed by atoms with Gasteiger partial charge in [0, 0.05) is 11.1 Å². The third kappa shape index (κ3) is 4.24. The highest BCUT2D eigenvalue weighted by Crippen LogP contribution is 2.38. The number of hydrogen-bond acceptors (Lipinski definition) is 6. The number of rotatable bonds is 5. The van der Waals surface area contributed by atoms with Gasteiger partial charge in [-0.15, -0.1) is 20.4 Å². The summed E-state index contributed by atoms with van der Waals surface area (Å²) in [6.45, 7) is 4.11. The van der Waals surface area contributed by atoms with Crippen molar-refractivity contribution in [1.82, 2.24) is 20.4 Å². The van der Waals surface area contributed by atoms with Crippen molar-refractivity contribution in [1.29, 1.82) is 0 Å². The molecule has 0 aliphatic heterocycles. The van der Waals surface area contributed by atoms with Gasteiger partial charge in [-0.05, 0) is 58.7 Å². The van der Waals surface area contributed by atoms with Gasteiger partial charge in [0.2, 0.25) is 0 Å². The van der Waals surface area contributed by atoms with Gasteiger partial charge in [-0.25, -0.2) is 0 Å². The van der Waals surface area contributed by atoms with E-state index in [-0.39, 0.29) is 0 Å². The van der Waals surface area contributed by atoms with E-state index in [2.05, 4.69) is 46.4 Å². The van der Waals surface area contributed by atoms with E-state index in [0.29, 0.717) is 0 Å². The molecule has 0 unspecified atom stereocenters. The molecule has 6 heteroatoms. The summed E-state index contributed by atoms with van der Waals surface area (Å²) in [5, 5.41) is 19.3. The fourth-order valence-electron chi connectivity index (χ4n) is 2.69. The molecule has 2 heterocycles. The van der Waals surface area contributed by atoms with Crippen LogP contribution < -0.4 is 0 Å². The summed E-state index contributed by atoms with van der Waals surface area (Å²) in [5.74, 6) is 0. The van der Waals surface area contributed by atoms with Gasteiger partial charge in [0.05, 0.1) is 11.4 Å². The van der Waals surface area contributed by atoms with E-state index in [4.69, 9.17) is 0 Å². The largest absolute Gasteiger partial charge is 0.149 e. The van der Waals surface area contributed by atoms with E-state index in [1.807, 2.05) is 60.7 Å². The molecule has 0 bridgehead atoms. The van der Waals surface area contributed by atoms with Crippen molar-refractivity contribution >= 4 is 21.6 Å². The van der Waals surface area contributed by atoms with Crippen molar-refractivity contribution in [2.75, 3.05) is 0 Å². The van der Waals surface area contributed by atoms with E-state index in [1.54, 1.807) is 21.6 Å². The molecule has 28 heavy (non-hydrogen) atoms. The van der Waals surface area contributed by atoms with Crippen LogP contribution in [0.2, 0.25) is 0 Å². The Morgan fingerprint density at radius 2 is 0.929 bits per heavy atom. The molecule has 0 N–H and O–H groups in total. The summed E-state index contributed by atoms with van der Waals surface area (Å²) < 4.78 is 0. The topological polar surface area (TPSA) is 51.6 Å². The second-order valence-corrected chi connectivity index (χ2v) is 8.44. The van der Waals surface area contributed by atoms with Crippen LogP contribution in [-0.2, 0) is 0 Å². The van der Waals surface area contributed by atoms with Crippen LogP contribution in [0.25, 0.3) is 22.5 Å². The molecule has 4 nitrogen and oxygen atoms in total. The van der Waals surface area contributed by atoms with E-state index < -0.39 is 0 Å². The number of hydrogen-bond donors (Lipinski definition) is 0. The van der Waals surface area contributed by atoms with Crippen LogP contribution in [0.1, 0.15) is 11.1 Å². The van der Waals surface area contributed by atoms with Crippen LogP contribution in [0.5, 0.6) is 0 Å². The van der Waals surface area contributed by atoms with Crippen LogP contribution in [0.3, 0.4) is 0 Å². The van der Waals surface area contributed by atoms with Crippen LogP contribution >= 0.6 is 21.6 Å². The molecule has 0 radical (unpaired) electrons. The third-order valence-corrected chi connectivity index (χ3v) is 6.62. The Kier molecular flexibility index (Phi) is 5.69. The molecular formula is C22H18N4S2. The van der Waals surface area contributed by atoms with Gasteiger partial charge in [-0.2, -0.15) is 0 Å². The average Bonchev–Trinajstić information content (AvgIpc) is 2.75. The smallest absolute Gasteiger partial charge is 0.133 e. The van der Waals surface area contributed by atoms with Crippen LogP contribution in [0, 0.1) is 13.8 Å². The Balaban J connectivity index is 1.49. The predicted molar refractivity (Wildman–Crippen MR) is 116 cm³/mol. The molecule has 0 aliphatic carbocycles. The summed E-state index contributed by atoms with van der Waals surface area (Å²) in [6.07, 6.45) is 0. The van der Waals surface area contributed by atoms with Crippen molar-refractivity contribution in [2.24, 2.45) is 0 Å². The van der Waals surface area contributed by atoms with Crippen molar-refractivity contribution in [3.8, 4) is 22.5 Å². The van der Waals surface area contributed by atoms with Crippen molar-refractivity contribution < 1.29 is 0 Å². The lowest BCUT2D eigenvalue weighted by Crippen LogP contribution is -1.94. The first-order valence-electron chi connectivity index (χ1n) is 8.85. The highest BCUT2D eigenvalue weighted by atomic mass is 33.1. The Labute approximate surface area is 172 Å². The van der Waals surface area contributed by atoms with Gasteiger partial charge < -0.3 is 0 Å². The van der Waals surface area contributed by atoms with Crippen LogP contribution in [0.15, 0.2) is 82.8 Å². The lowest BCUT2D eigenvalue weighted by molar-refractivity contribution is 0.912. The monoisotopic (exact) mass is 402 g/mol. The second kappa shape index (κ2) is 8.54. The number of benzene rings is 2. The van der Waals surface area contributed by atoms with Crippen molar-refractivity contribution in [2.45, 2.75) is 23.9 Å². The molecule has 0 atom stereocenters. The Morgan fingerprint density at radius 1 is 0.536 bits per heavy atom. The highest BCUT2D eigenvalue weighted by Gasteiger charge is 2.11. The van der Waals surface area contributed by atoms with E-state index in [9.17, 15) is 0 Å². The van der Waals surface area contributed by atoms with Crippen molar-refractivity contribution in [3.05, 3.63) is 83.9 Å². The number of aryl methyl sites for hydroxylation is 2. The minimum Gasteiger partial charge on any atom is -0.149 e. The first kappa shape index (κ1) is 18.7. The van der Waals surface area contributed by atoms with Gasteiger partial charge in [0.15, 0.2) is 0 Å². The third-order valence-electron chi connectivity index (χ3n) is 4.22. The Morgan fingerprint density at radius 3 is 1.29 bits per heavy atom. The maximum atomic E-state index is 4.41. The molecule has 4 rings (SSSR count). The van der Waals surface area contributed by atoms with Crippen LogP contribution in [0.4, 0.5) is 0 Å². The molecular weight excluding hydrogens is 384 g/mol. The second-order valence-electron chi connectivity index (χ2n) is 6.33. The zero-order valence-corrected chi connectivity index (χ0v) is 17.2. The summed E-state index contributed by atoms with van der Waals surface area (Å²) >= 11 is 0. The zero-order valence-electron chi connectivity index (χ0n) is 15.5. The molecule has 0 aliphatic rings. The van der Waals surface area contributed by atoms with Gasteiger partial charge in [-0.3, -0.25) is 0 Å². The zero-order chi connectivity index (χ0) is 19.3. The fraction of sp³-hybridized carbons (Fsp3) is 0.0909. The van der Waals surface area contributed by atoms with E-state index in [0.717, 1.165) is 43.7 Å². The summed E-state index contributed by atoms with van der Waals surface area (Å²) in [7, 11) is 3.12. The molecule has 138 valence electrons. The maximum absolute atomic E-state index is 4.41. The lowest BCUT2D eigenvalue weighted by Gasteiger charge is -2.07. The SMILES string of the molecule is Cc1cc(-c2ccccc2)nnc1SSc1nnc(-c2ccccc2)cc1C. The van der Waals surface area contributed by atoms with Crippen LogP contribution in [-0.4, -0.2) is 20.4 Å².